The molecular weight excluding hydrogens is 236 g/mol. The lowest BCUT2D eigenvalue weighted by molar-refractivity contribution is 0.0999. The molecule has 3 heteroatoms. The molecule has 0 bridgehead atoms. The highest BCUT2D eigenvalue weighted by Crippen LogP contribution is 2.22. The molecule has 0 spiro atoms. The standard InChI is InChI=1S/C16H32N2O/c1-19-13-12-18(14-15-8-7-11-17-15)16-9-5-3-2-4-6-10-16/h15-17H,2-14H2,1H3. The Balaban J connectivity index is 1.85. The van der Waals surface area contributed by atoms with E-state index in [4.69, 9.17) is 4.74 Å². The van der Waals surface area contributed by atoms with E-state index in [0.717, 1.165) is 25.2 Å². The van der Waals surface area contributed by atoms with Crippen molar-refractivity contribution in [2.24, 2.45) is 0 Å². The van der Waals surface area contributed by atoms with Crippen molar-refractivity contribution in [1.82, 2.24) is 10.2 Å². The molecule has 0 radical (unpaired) electrons. The van der Waals surface area contributed by atoms with Gasteiger partial charge in [0.1, 0.15) is 0 Å². The van der Waals surface area contributed by atoms with Gasteiger partial charge in [0.05, 0.1) is 6.61 Å². The summed E-state index contributed by atoms with van der Waals surface area (Å²) in [6, 6.07) is 1.53. The minimum atomic E-state index is 0.724. The molecule has 1 saturated heterocycles. The Morgan fingerprint density at radius 1 is 1.00 bits per heavy atom. The summed E-state index contributed by atoms with van der Waals surface area (Å²) in [4.78, 5) is 2.72. The van der Waals surface area contributed by atoms with E-state index in [2.05, 4.69) is 10.2 Å². The molecule has 0 aromatic carbocycles. The molecule has 1 aliphatic heterocycles. The highest BCUT2D eigenvalue weighted by atomic mass is 16.5. The zero-order chi connectivity index (χ0) is 13.3. The number of hydrogen-bond acceptors (Lipinski definition) is 3. The Labute approximate surface area is 119 Å². The van der Waals surface area contributed by atoms with Crippen molar-refractivity contribution >= 4 is 0 Å². The third-order valence-electron chi connectivity index (χ3n) is 4.79. The van der Waals surface area contributed by atoms with Gasteiger partial charge >= 0.3 is 0 Å². The molecule has 1 heterocycles. The summed E-state index contributed by atoms with van der Waals surface area (Å²) >= 11 is 0. The third kappa shape index (κ3) is 5.41. The lowest BCUT2D eigenvalue weighted by Crippen LogP contribution is -2.45. The van der Waals surface area contributed by atoms with E-state index < -0.39 is 0 Å². The van der Waals surface area contributed by atoms with Crippen LogP contribution in [0.4, 0.5) is 0 Å². The van der Waals surface area contributed by atoms with Crippen LogP contribution < -0.4 is 5.32 Å². The van der Waals surface area contributed by atoms with Crippen molar-refractivity contribution in [1.29, 1.82) is 0 Å². The predicted molar refractivity (Wildman–Crippen MR) is 80.6 cm³/mol. The normalized spacial score (nSPS) is 26.5. The Kier molecular flexibility index (Phi) is 7.18. The molecule has 1 N–H and O–H groups in total. The van der Waals surface area contributed by atoms with Crippen molar-refractivity contribution in [2.75, 3.05) is 33.4 Å². The van der Waals surface area contributed by atoms with Gasteiger partial charge in [-0.3, -0.25) is 4.90 Å². The molecule has 1 aliphatic carbocycles. The lowest BCUT2D eigenvalue weighted by Gasteiger charge is -2.34. The highest BCUT2D eigenvalue weighted by molar-refractivity contribution is 4.82. The van der Waals surface area contributed by atoms with Crippen LogP contribution in [0.5, 0.6) is 0 Å². The van der Waals surface area contributed by atoms with Gasteiger partial charge in [0, 0.05) is 32.3 Å². The fourth-order valence-corrected chi connectivity index (χ4v) is 3.63. The second kappa shape index (κ2) is 8.93. The zero-order valence-corrected chi connectivity index (χ0v) is 12.7. The number of rotatable bonds is 6. The highest BCUT2D eigenvalue weighted by Gasteiger charge is 2.23. The first-order valence-electron chi connectivity index (χ1n) is 8.36. The van der Waals surface area contributed by atoms with E-state index in [-0.39, 0.29) is 0 Å². The van der Waals surface area contributed by atoms with E-state index in [1.165, 1.54) is 70.9 Å². The Bertz CT molecular complexity index is 221. The van der Waals surface area contributed by atoms with Crippen LogP contribution in [0, 0.1) is 0 Å². The fraction of sp³-hybridized carbons (Fsp3) is 1.00. The predicted octanol–water partition coefficient (Wildman–Crippen LogP) is 2.80. The average molecular weight is 268 g/mol. The van der Waals surface area contributed by atoms with Crippen molar-refractivity contribution in [3.63, 3.8) is 0 Å². The number of nitrogens with zero attached hydrogens (tertiary/aromatic N) is 1. The molecule has 3 nitrogen and oxygen atoms in total. The van der Waals surface area contributed by atoms with Crippen molar-refractivity contribution in [3.05, 3.63) is 0 Å². The first kappa shape index (κ1) is 15.3. The molecule has 19 heavy (non-hydrogen) atoms. The summed E-state index contributed by atoms with van der Waals surface area (Å²) in [5.74, 6) is 0. The van der Waals surface area contributed by atoms with Gasteiger partial charge in [0.2, 0.25) is 0 Å². The van der Waals surface area contributed by atoms with E-state index >= 15 is 0 Å². The number of methoxy groups -OCH3 is 1. The Morgan fingerprint density at radius 3 is 2.37 bits per heavy atom. The topological polar surface area (TPSA) is 24.5 Å². The largest absolute Gasteiger partial charge is 0.383 e. The van der Waals surface area contributed by atoms with E-state index in [1.54, 1.807) is 0 Å². The van der Waals surface area contributed by atoms with E-state index in [9.17, 15) is 0 Å². The second-order valence-corrected chi connectivity index (χ2v) is 6.28. The molecule has 1 saturated carbocycles. The van der Waals surface area contributed by atoms with Gasteiger partial charge in [0.15, 0.2) is 0 Å². The molecule has 2 rings (SSSR count). The number of ether oxygens (including phenoxy) is 1. The lowest BCUT2D eigenvalue weighted by atomic mass is 9.95. The summed E-state index contributed by atoms with van der Waals surface area (Å²) in [6.45, 7) is 4.43. The van der Waals surface area contributed by atoms with Crippen LogP contribution in [-0.4, -0.2) is 50.3 Å². The molecule has 2 aliphatic rings. The van der Waals surface area contributed by atoms with Crippen LogP contribution in [0.25, 0.3) is 0 Å². The second-order valence-electron chi connectivity index (χ2n) is 6.28. The molecule has 0 aromatic rings. The van der Waals surface area contributed by atoms with Gasteiger partial charge in [-0.05, 0) is 32.2 Å². The fourth-order valence-electron chi connectivity index (χ4n) is 3.63. The monoisotopic (exact) mass is 268 g/mol. The molecule has 112 valence electrons. The summed E-state index contributed by atoms with van der Waals surface area (Å²) in [6.07, 6.45) is 12.7. The summed E-state index contributed by atoms with van der Waals surface area (Å²) in [5.41, 5.74) is 0. The van der Waals surface area contributed by atoms with Crippen LogP contribution in [0.3, 0.4) is 0 Å². The number of nitrogens with one attached hydrogen (secondary N) is 1. The summed E-state index contributed by atoms with van der Waals surface area (Å²) in [5, 5.41) is 3.65. The Hall–Kier alpha value is -0.120. The molecule has 1 unspecified atom stereocenters. The molecule has 0 aromatic heterocycles. The molecule has 2 fully saturated rings. The van der Waals surface area contributed by atoms with E-state index in [0.29, 0.717) is 0 Å². The summed E-state index contributed by atoms with van der Waals surface area (Å²) < 4.78 is 5.32. The molecular formula is C16H32N2O. The van der Waals surface area contributed by atoms with Crippen LogP contribution in [-0.2, 0) is 4.74 Å². The number of hydrogen-bond donors (Lipinski definition) is 1. The quantitative estimate of drug-likeness (QED) is 0.801. The van der Waals surface area contributed by atoms with Gasteiger partial charge in [-0.2, -0.15) is 0 Å². The minimum absolute atomic E-state index is 0.724. The smallest absolute Gasteiger partial charge is 0.0589 e. The molecule has 1 atom stereocenters. The SMILES string of the molecule is COCCN(CC1CCCN1)C1CCCCCCC1. The van der Waals surface area contributed by atoms with Crippen molar-refractivity contribution < 1.29 is 4.74 Å². The van der Waals surface area contributed by atoms with Crippen LogP contribution in [0.1, 0.15) is 57.8 Å². The van der Waals surface area contributed by atoms with Gasteiger partial charge in [-0.25, -0.2) is 0 Å². The maximum atomic E-state index is 5.32. The maximum absolute atomic E-state index is 5.32. The zero-order valence-electron chi connectivity index (χ0n) is 12.7. The Morgan fingerprint density at radius 2 is 1.74 bits per heavy atom. The minimum Gasteiger partial charge on any atom is -0.383 e. The maximum Gasteiger partial charge on any atom is 0.0589 e. The van der Waals surface area contributed by atoms with Gasteiger partial charge in [-0.15, -0.1) is 0 Å². The first-order chi connectivity index (χ1) is 9.40. The van der Waals surface area contributed by atoms with Gasteiger partial charge in [-0.1, -0.05) is 32.1 Å². The first-order valence-corrected chi connectivity index (χ1v) is 8.36. The van der Waals surface area contributed by atoms with Gasteiger partial charge < -0.3 is 10.1 Å². The van der Waals surface area contributed by atoms with Crippen LogP contribution in [0.2, 0.25) is 0 Å². The van der Waals surface area contributed by atoms with Crippen LogP contribution in [0.15, 0.2) is 0 Å². The third-order valence-corrected chi connectivity index (χ3v) is 4.79. The summed E-state index contributed by atoms with van der Waals surface area (Å²) in [7, 11) is 1.82. The van der Waals surface area contributed by atoms with Crippen molar-refractivity contribution in [3.8, 4) is 0 Å². The molecule has 0 amide bonds. The van der Waals surface area contributed by atoms with E-state index in [1.807, 2.05) is 7.11 Å². The average Bonchev–Trinajstić information content (AvgIpc) is 2.87. The van der Waals surface area contributed by atoms with Crippen molar-refractivity contribution in [2.45, 2.75) is 69.9 Å². The van der Waals surface area contributed by atoms with Gasteiger partial charge in [0.25, 0.3) is 0 Å². The van der Waals surface area contributed by atoms with Crippen LogP contribution >= 0.6 is 0 Å².